The minimum Gasteiger partial charge on any atom is -0.310 e. The summed E-state index contributed by atoms with van der Waals surface area (Å²) in [6.45, 7) is 0. The second-order valence-electron chi connectivity index (χ2n) is 16.0. The number of hydrogen-bond donors (Lipinski definition) is 0. The highest BCUT2D eigenvalue weighted by Crippen LogP contribution is 2.56. The van der Waals surface area contributed by atoms with Crippen LogP contribution in [0.2, 0.25) is 0 Å². The van der Waals surface area contributed by atoms with Crippen molar-refractivity contribution in [1.29, 1.82) is 0 Å². The predicted molar refractivity (Wildman–Crippen MR) is 256 cm³/mol. The number of hydrogen-bond acceptors (Lipinski definition) is 1. The van der Waals surface area contributed by atoms with E-state index in [0.717, 1.165) is 22.7 Å². The first-order valence-electron chi connectivity index (χ1n) is 21.1. The monoisotopic (exact) mass is 776 g/mol. The molecule has 2 heteroatoms. The molecule has 2 nitrogen and oxygen atoms in total. The number of nitrogens with zero attached hydrogens (tertiary/aromatic N) is 2. The molecule has 0 N–H and O–H groups in total. The third-order valence-corrected chi connectivity index (χ3v) is 12.8. The van der Waals surface area contributed by atoms with Crippen LogP contribution in [0.4, 0.5) is 17.1 Å². The number of rotatable bonds is 7. The summed E-state index contributed by atoms with van der Waals surface area (Å²) in [5, 5.41) is 4.82. The normalized spacial score (nSPS) is 12.7. The molecular formula is C59H40N2. The van der Waals surface area contributed by atoms with Crippen molar-refractivity contribution in [2.45, 2.75) is 5.41 Å². The lowest BCUT2D eigenvalue weighted by Crippen LogP contribution is -2.28. The fraction of sp³-hybridized carbons (Fsp3) is 0.0169. The molecule has 0 radical (unpaired) electrons. The molecule has 0 saturated heterocycles. The fourth-order valence-corrected chi connectivity index (χ4v) is 10.3. The Kier molecular flexibility index (Phi) is 8.11. The molecule has 1 aliphatic carbocycles. The second-order valence-corrected chi connectivity index (χ2v) is 16.0. The Hall–Kier alpha value is -7.94. The van der Waals surface area contributed by atoms with E-state index in [9.17, 15) is 0 Å². The molecule has 1 aliphatic rings. The number of anilines is 3. The van der Waals surface area contributed by atoms with Crippen molar-refractivity contribution in [1.82, 2.24) is 4.57 Å². The van der Waals surface area contributed by atoms with Crippen LogP contribution in [0.5, 0.6) is 0 Å². The molecular weight excluding hydrogens is 737 g/mol. The van der Waals surface area contributed by atoms with Gasteiger partial charge in [0.1, 0.15) is 0 Å². The molecule has 12 rings (SSSR count). The summed E-state index contributed by atoms with van der Waals surface area (Å²) in [4.78, 5) is 2.47. The Morgan fingerprint density at radius 2 is 0.869 bits per heavy atom. The van der Waals surface area contributed by atoms with Gasteiger partial charge in [-0.15, -0.1) is 0 Å². The SMILES string of the molecule is c1ccc(-c2cccc3c4c(N(c5ccccc5)c5ccc(C6(c7ccccc7)c7ccccc7-c7ccccc76)cc5)cc5ccccc5c4n(-c4ccccc4)c23)cc1. The van der Waals surface area contributed by atoms with Crippen molar-refractivity contribution in [2.24, 2.45) is 0 Å². The molecule has 61 heavy (non-hydrogen) atoms. The highest BCUT2D eigenvalue weighted by atomic mass is 15.1. The van der Waals surface area contributed by atoms with Gasteiger partial charge in [0, 0.05) is 38.8 Å². The standard InChI is InChI=1S/C59H40N2/c1-5-20-41(21-6-1)48-32-19-33-52-56-55(40-42-22-13-14-29-49(42)58(56)61(57(48)52)46-27-11-4-12-28-46)60(45-25-9-3-10-26-45)47-38-36-44(37-39-47)59(43-23-7-2-8-24-43)53-34-17-15-30-50(53)51-31-16-18-35-54(51)59/h1-40H. The molecule has 0 unspecified atom stereocenters. The third kappa shape index (κ3) is 5.29. The van der Waals surface area contributed by atoms with Gasteiger partial charge in [-0.1, -0.05) is 200 Å². The van der Waals surface area contributed by atoms with Gasteiger partial charge in [-0.05, 0) is 86.8 Å². The molecule has 10 aromatic carbocycles. The topological polar surface area (TPSA) is 8.17 Å². The van der Waals surface area contributed by atoms with E-state index in [1.54, 1.807) is 0 Å². The summed E-state index contributed by atoms with van der Waals surface area (Å²) < 4.78 is 2.50. The zero-order valence-electron chi connectivity index (χ0n) is 33.5. The maximum absolute atomic E-state index is 2.50. The van der Waals surface area contributed by atoms with Gasteiger partial charge in [-0.2, -0.15) is 0 Å². The number of fused-ring (bicyclic) bond motifs is 8. The van der Waals surface area contributed by atoms with E-state index in [0.29, 0.717) is 0 Å². The van der Waals surface area contributed by atoms with E-state index >= 15 is 0 Å². The van der Waals surface area contributed by atoms with Gasteiger partial charge in [0.2, 0.25) is 0 Å². The quantitative estimate of drug-likeness (QED) is 0.156. The largest absolute Gasteiger partial charge is 0.310 e. The van der Waals surface area contributed by atoms with Crippen molar-refractivity contribution in [2.75, 3.05) is 4.90 Å². The van der Waals surface area contributed by atoms with Crippen molar-refractivity contribution < 1.29 is 0 Å². The summed E-state index contributed by atoms with van der Waals surface area (Å²) >= 11 is 0. The zero-order chi connectivity index (χ0) is 40.3. The van der Waals surface area contributed by atoms with Gasteiger partial charge < -0.3 is 9.47 Å². The summed E-state index contributed by atoms with van der Waals surface area (Å²) in [5.41, 5.74) is 16.5. The smallest absolute Gasteiger partial charge is 0.0713 e. The van der Waals surface area contributed by atoms with E-state index in [-0.39, 0.29) is 0 Å². The maximum Gasteiger partial charge on any atom is 0.0713 e. The predicted octanol–water partition coefficient (Wildman–Crippen LogP) is 15.4. The van der Waals surface area contributed by atoms with E-state index in [1.165, 1.54) is 77.1 Å². The molecule has 0 atom stereocenters. The van der Waals surface area contributed by atoms with Crippen LogP contribution < -0.4 is 4.90 Å². The Morgan fingerprint density at radius 3 is 1.56 bits per heavy atom. The van der Waals surface area contributed by atoms with Crippen LogP contribution in [0.1, 0.15) is 22.3 Å². The van der Waals surface area contributed by atoms with Crippen LogP contribution in [-0.4, -0.2) is 4.57 Å². The molecule has 1 aromatic heterocycles. The highest BCUT2D eigenvalue weighted by molar-refractivity contribution is 6.26. The van der Waals surface area contributed by atoms with Crippen LogP contribution in [0.3, 0.4) is 0 Å². The van der Waals surface area contributed by atoms with Gasteiger partial charge >= 0.3 is 0 Å². The maximum atomic E-state index is 2.50. The molecule has 0 saturated carbocycles. The van der Waals surface area contributed by atoms with Gasteiger partial charge in [-0.3, -0.25) is 0 Å². The zero-order valence-corrected chi connectivity index (χ0v) is 33.5. The van der Waals surface area contributed by atoms with E-state index in [4.69, 9.17) is 0 Å². The van der Waals surface area contributed by atoms with Gasteiger partial charge in [0.05, 0.1) is 22.1 Å². The first kappa shape index (κ1) is 35.0. The minimum absolute atomic E-state index is 0.474. The Balaban J connectivity index is 1.16. The van der Waals surface area contributed by atoms with E-state index in [1.807, 2.05) is 0 Å². The molecule has 286 valence electrons. The van der Waals surface area contributed by atoms with Crippen LogP contribution >= 0.6 is 0 Å². The number of benzene rings is 10. The van der Waals surface area contributed by atoms with Crippen LogP contribution in [0, 0.1) is 0 Å². The Bertz CT molecular complexity index is 3340. The number of aromatic nitrogens is 1. The summed E-state index contributed by atoms with van der Waals surface area (Å²) in [7, 11) is 0. The number of para-hydroxylation sites is 3. The van der Waals surface area contributed by atoms with Crippen molar-refractivity contribution in [3.63, 3.8) is 0 Å². The highest BCUT2D eigenvalue weighted by Gasteiger charge is 2.45. The van der Waals surface area contributed by atoms with Crippen molar-refractivity contribution in [3.05, 3.63) is 265 Å². The van der Waals surface area contributed by atoms with Crippen LogP contribution in [0.15, 0.2) is 243 Å². The summed E-state index contributed by atoms with van der Waals surface area (Å²) in [6.07, 6.45) is 0. The fourth-order valence-electron chi connectivity index (χ4n) is 10.3. The third-order valence-electron chi connectivity index (χ3n) is 12.8. The summed E-state index contributed by atoms with van der Waals surface area (Å²) in [6, 6.07) is 89.0. The molecule has 0 fully saturated rings. The van der Waals surface area contributed by atoms with Gasteiger partial charge in [0.15, 0.2) is 0 Å². The summed E-state index contributed by atoms with van der Waals surface area (Å²) in [5.74, 6) is 0. The molecule has 11 aromatic rings. The molecule has 1 heterocycles. The second kappa shape index (κ2) is 14.1. The van der Waals surface area contributed by atoms with E-state index in [2.05, 4.69) is 252 Å². The minimum atomic E-state index is -0.474. The molecule has 0 amide bonds. The van der Waals surface area contributed by atoms with Gasteiger partial charge in [0.25, 0.3) is 0 Å². The Morgan fingerprint density at radius 1 is 0.361 bits per heavy atom. The lowest BCUT2D eigenvalue weighted by molar-refractivity contribution is 0.768. The first-order chi connectivity index (χ1) is 30.3. The van der Waals surface area contributed by atoms with Crippen LogP contribution in [-0.2, 0) is 5.41 Å². The van der Waals surface area contributed by atoms with Gasteiger partial charge in [-0.25, -0.2) is 0 Å². The lowest BCUT2D eigenvalue weighted by atomic mass is 9.68. The lowest BCUT2D eigenvalue weighted by Gasteiger charge is -2.34. The van der Waals surface area contributed by atoms with Crippen molar-refractivity contribution >= 4 is 49.6 Å². The Labute approximate surface area is 355 Å². The molecule has 0 aliphatic heterocycles. The van der Waals surface area contributed by atoms with E-state index < -0.39 is 5.41 Å². The average Bonchev–Trinajstić information content (AvgIpc) is 3.85. The average molecular weight is 777 g/mol. The molecule has 0 bridgehead atoms. The van der Waals surface area contributed by atoms with Crippen molar-refractivity contribution in [3.8, 4) is 27.9 Å². The first-order valence-corrected chi connectivity index (χ1v) is 21.1. The van der Waals surface area contributed by atoms with Crippen LogP contribution in [0.25, 0.3) is 60.5 Å². The molecule has 0 spiro atoms.